The third-order valence-corrected chi connectivity index (χ3v) is 11.5. The summed E-state index contributed by atoms with van der Waals surface area (Å²) in [4.78, 5) is 2.34. The van der Waals surface area contributed by atoms with Gasteiger partial charge in [0.05, 0.1) is 0 Å². The van der Waals surface area contributed by atoms with E-state index in [4.69, 9.17) is 4.42 Å². The summed E-state index contributed by atoms with van der Waals surface area (Å²) in [6.07, 6.45) is 0. The van der Waals surface area contributed by atoms with Crippen LogP contribution >= 0.6 is 0 Å². The highest BCUT2D eigenvalue weighted by Gasteiger charge is 2.16. The Kier molecular flexibility index (Phi) is 8.19. The van der Waals surface area contributed by atoms with Crippen molar-refractivity contribution >= 4 is 60.5 Å². The first-order valence-corrected chi connectivity index (χ1v) is 19.8. The molecule has 0 amide bonds. The molecule has 2 nitrogen and oxygen atoms in total. The quantitative estimate of drug-likeness (QED) is 0.162. The first-order valence-electron chi connectivity index (χ1n) is 19.8. The minimum Gasteiger partial charge on any atom is -0.455 e. The van der Waals surface area contributed by atoms with Crippen molar-refractivity contribution in [2.45, 2.75) is 0 Å². The Balaban J connectivity index is 0.957. The predicted octanol–water partition coefficient (Wildman–Crippen LogP) is 16.0. The maximum absolute atomic E-state index is 6.48. The smallest absolute Gasteiger partial charge is 0.143 e. The zero-order valence-electron chi connectivity index (χ0n) is 31.7. The lowest BCUT2D eigenvalue weighted by atomic mass is 9.99. The van der Waals surface area contributed by atoms with Crippen LogP contribution in [0.5, 0.6) is 0 Å². The van der Waals surface area contributed by atoms with Crippen LogP contribution in [0.25, 0.3) is 88.0 Å². The number of benzene rings is 10. The van der Waals surface area contributed by atoms with E-state index in [1.54, 1.807) is 0 Å². The van der Waals surface area contributed by atoms with E-state index in [1.807, 2.05) is 6.07 Å². The first-order chi connectivity index (χ1) is 28.7. The average molecular weight is 740 g/mol. The molecule has 0 radical (unpaired) electrons. The van der Waals surface area contributed by atoms with Gasteiger partial charge in [-0.05, 0) is 121 Å². The monoisotopic (exact) mass is 739 g/mol. The van der Waals surface area contributed by atoms with Crippen LogP contribution in [0.2, 0.25) is 0 Å². The molecule has 11 aromatic rings. The Bertz CT molecular complexity index is 3130. The highest BCUT2D eigenvalue weighted by molar-refractivity contribution is 6.10. The molecule has 0 fully saturated rings. The second-order valence-electron chi connectivity index (χ2n) is 15.0. The van der Waals surface area contributed by atoms with E-state index in [0.717, 1.165) is 61.3 Å². The second-order valence-corrected chi connectivity index (χ2v) is 15.0. The molecule has 0 aliphatic carbocycles. The number of rotatable bonds is 7. The fourth-order valence-corrected chi connectivity index (χ4v) is 8.42. The summed E-state index contributed by atoms with van der Waals surface area (Å²) in [5.41, 5.74) is 14.4. The van der Waals surface area contributed by atoms with Gasteiger partial charge in [-0.2, -0.15) is 0 Å². The Hall–Kier alpha value is -7.68. The van der Waals surface area contributed by atoms with Crippen LogP contribution in [-0.2, 0) is 0 Å². The summed E-state index contributed by atoms with van der Waals surface area (Å²) in [5, 5.41) is 7.23. The van der Waals surface area contributed by atoms with Crippen LogP contribution in [0.4, 0.5) is 17.1 Å². The van der Waals surface area contributed by atoms with Gasteiger partial charge in [-0.1, -0.05) is 164 Å². The number of fused-ring (bicyclic) bond motifs is 5. The minimum atomic E-state index is 0.893. The van der Waals surface area contributed by atoms with Crippen molar-refractivity contribution < 1.29 is 4.42 Å². The number of furan rings is 1. The highest BCUT2D eigenvalue weighted by atomic mass is 16.3. The topological polar surface area (TPSA) is 16.4 Å². The standard InChI is InChI=1S/C56H37NO/c1-2-11-43(12-3-1)52-15-8-16-53-54-37-48(27-34-55(54)58-56(52)53)42-25-32-51(33-26-42)57(49-28-21-40(22-29-49)46-19-17-38-9-4-6-13-44(38)35-46)50-30-23-41(24-31-50)47-20-18-39-10-5-7-14-45(39)36-47/h1-37H. The second kappa shape index (κ2) is 14.1. The zero-order chi connectivity index (χ0) is 38.4. The van der Waals surface area contributed by atoms with E-state index in [2.05, 4.69) is 223 Å². The van der Waals surface area contributed by atoms with Gasteiger partial charge in [-0.15, -0.1) is 0 Å². The maximum Gasteiger partial charge on any atom is 0.143 e. The molecule has 11 rings (SSSR count). The number of hydrogen-bond donors (Lipinski definition) is 0. The van der Waals surface area contributed by atoms with Crippen LogP contribution < -0.4 is 4.90 Å². The third-order valence-electron chi connectivity index (χ3n) is 11.5. The number of hydrogen-bond acceptors (Lipinski definition) is 2. The summed E-state index contributed by atoms with van der Waals surface area (Å²) < 4.78 is 6.48. The Morgan fingerprint density at radius 3 is 1.26 bits per heavy atom. The summed E-state index contributed by atoms with van der Waals surface area (Å²) in [6, 6.07) is 80.7. The lowest BCUT2D eigenvalue weighted by Gasteiger charge is -2.26. The fourth-order valence-electron chi connectivity index (χ4n) is 8.42. The van der Waals surface area contributed by atoms with E-state index < -0.39 is 0 Å². The van der Waals surface area contributed by atoms with Crippen molar-refractivity contribution in [3.05, 3.63) is 224 Å². The van der Waals surface area contributed by atoms with Crippen molar-refractivity contribution in [1.82, 2.24) is 0 Å². The Morgan fingerprint density at radius 2 is 0.724 bits per heavy atom. The molecular weight excluding hydrogens is 703 g/mol. The molecule has 0 atom stereocenters. The van der Waals surface area contributed by atoms with E-state index >= 15 is 0 Å². The van der Waals surface area contributed by atoms with Gasteiger partial charge in [0.15, 0.2) is 0 Å². The van der Waals surface area contributed by atoms with Crippen LogP contribution in [0.3, 0.4) is 0 Å². The van der Waals surface area contributed by atoms with Crippen molar-refractivity contribution in [2.75, 3.05) is 4.90 Å². The van der Waals surface area contributed by atoms with Gasteiger partial charge in [0, 0.05) is 33.4 Å². The lowest BCUT2D eigenvalue weighted by Crippen LogP contribution is -2.09. The summed E-state index contributed by atoms with van der Waals surface area (Å²) in [5.74, 6) is 0. The molecular formula is C56H37NO. The molecule has 0 N–H and O–H groups in total. The Labute approximate surface area is 337 Å². The fraction of sp³-hybridized carbons (Fsp3) is 0. The van der Waals surface area contributed by atoms with Gasteiger partial charge in [-0.3, -0.25) is 0 Å². The van der Waals surface area contributed by atoms with Gasteiger partial charge >= 0.3 is 0 Å². The predicted molar refractivity (Wildman–Crippen MR) is 245 cm³/mol. The normalized spacial score (nSPS) is 11.4. The van der Waals surface area contributed by atoms with Crippen LogP contribution in [0.15, 0.2) is 229 Å². The minimum absolute atomic E-state index is 0.893. The van der Waals surface area contributed by atoms with Crippen LogP contribution in [0.1, 0.15) is 0 Å². The van der Waals surface area contributed by atoms with Crippen LogP contribution in [-0.4, -0.2) is 0 Å². The molecule has 0 saturated carbocycles. The summed E-state index contributed by atoms with van der Waals surface area (Å²) in [6.45, 7) is 0. The third kappa shape index (κ3) is 6.09. The molecule has 0 aliphatic heterocycles. The van der Waals surface area contributed by atoms with Gasteiger partial charge in [0.2, 0.25) is 0 Å². The molecule has 0 aliphatic rings. The van der Waals surface area contributed by atoms with E-state index in [1.165, 1.54) is 43.8 Å². The molecule has 58 heavy (non-hydrogen) atoms. The van der Waals surface area contributed by atoms with Gasteiger partial charge in [-0.25, -0.2) is 0 Å². The van der Waals surface area contributed by atoms with E-state index in [-0.39, 0.29) is 0 Å². The van der Waals surface area contributed by atoms with Gasteiger partial charge in [0.1, 0.15) is 11.2 Å². The van der Waals surface area contributed by atoms with Crippen molar-refractivity contribution in [3.63, 3.8) is 0 Å². The molecule has 1 aromatic heterocycles. The molecule has 0 bridgehead atoms. The van der Waals surface area contributed by atoms with Crippen molar-refractivity contribution in [1.29, 1.82) is 0 Å². The maximum atomic E-state index is 6.48. The van der Waals surface area contributed by atoms with E-state index in [9.17, 15) is 0 Å². The zero-order valence-corrected chi connectivity index (χ0v) is 31.7. The highest BCUT2D eigenvalue weighted by Crippen LogP contribution is 2.40. The average Bonchev–Trinajstić information content (AvgIpc) is 3.68. The molecule has 0 saturated heterocycles. The number of para-hydroxylation sites is 1. The van der Waals surface area contributed by atoms with Crippen LogP contribution in [0, 0.1) is 0 Å². The first kappa shape index (κ1) is 33.6. The lowest BCUT2D eigenvalue weighted by molar-refractivity contribution is 0.670. The molecule has 0 unspecified atom stereocenters. The van der Waals surface area contributed by atoms with Gasteiger partial charge in [0.25, 0.3) is 0 Å². The van der Waals surface area contributed by atoms with Crippen molar-refractivity contribution in [3.8, 4) is 44.5 Å². The van der Waals surface area contributed by atoms with E-state index in [0.29, 0.717) is 0 Å². The van der Waals surface area contributed by atoms with Crippen molar-refractivity contribution in [2.24, 2.45) is 0 Å². The SMILES string of the molecule is c1ccc(-c2cccc3c2oc2ccc(-c4ccc(N(c5ccc(-c6ccc7ccccc7c6)cc5)c5ccc(-c6ccc7ccccc7c6)cc5)cc4)cc23)cc1. The molecule has 1 heterocycles. The van der Waals surface area contributed by atoms with Gasteiger partial charge < -0.3 is 9.32 Å². The molecule has 0 spiro atoms. The molecule has 272 valence electrons. The summed E-state index contributed by atoms with van der Waals surface area (Å²) >= 11 is 0. The number of anilines is 3. The Morgan fingerprint density at radius 1 is 0.276 bits per heavy atom. The molecule has 10 aromatic carbocycles. The largest absolute Gasteiger partial charge is 0.455 e. The number of nitrogens with zero attached hydrogens (tertiary/aromatic N) is 1. The molecule has 2 heteroatoms. The summed E-state index contributed by atoms with van der Waals surface area (Å²) in [7, 11) is 0.